The lowest BCUT2D eigenvalue weighted by Crippen LogP contribution is -2.45. The van der Waals surface area contributed by atoms with Crippen LogP contribution in [0.2, 0.25) is 5.02 Å². The lowest BCUT2D eigenvalue weighted by atomic mass is 10.1. The Morgan fingerprint density at radius 1 is 1.00 bits per heavy atom. The molecular formula is C28H33ClN4O3. The van der Waals surface area contributed by atoms with Crippen LogP contribution in [0.5, 0.6) is 0 Å². The van der Waals surface area contributed by atoms with Gasteiger partial charge >= 0.3 is 0 Å². The Hall–Kier alpha value is -3.42. The first-order chi connectivity index (χ1) is 17.5. The number of likely N-dealkylation sites (N-methyl/N-ethyl adjacent to an activating group) is 1. The minimum absolute atomic E-state index is 0.0832. The molecule has 2 N–H and O–H groups in total. The molecule has 2 aromatic carbocycles. The van der Waals surface area contributed by atoms with Gasteiger partial charge in [-0.3, -0.25) is 14.5 Å². The number of hydrazone groups is 1. The van der Waals surface area contributed by atoms with Crippen LogP contribution in [-0.4, -0.2) is 48.6 Å². The number of carbonyl (C=O) groups excluding carboxylic acids is 2. The van der Waals surface area contributed by atoms with Crippen LogP contribution >= 0.6 is 11.6 Å². The molecule has 0 spiro atoms. The second-order valence-electron chi connectivity index (χ2n) is 8.30. The molecule has 0 saturated heterocycles. The molecule has 0 aliphatic rings. The first-order valence-corrected chi connectivity index (χ1v) is 12.7. The van der Waals surface area contributed by atoms with Crippen molar-refractivity contribution in [2.45, 2.75) is 39.2 Å². The summed E-state index contributed by atoms with van der Waals surface area (Å²) in [5.41, 5.74) is 4.21. The molecule has 190 valence electrons. The van der Waals surface area contributed by atoms with Crippen molar-refractivity contribution in [2.24, 2.45) is 5.10 Å². The van der Waals surface area contributed by atoms with Gasteiger partial charge in [0.05, 0.1) is 12.3 Å². The fourth-order valence-electron chi connectivity index (χ4n) is 3.93. The van der Waals surface area contributed by atoms with E-state index in [1.807, 2.05) is 50.2 Å². The molecule has 1 aromatic heterocycles. The number of furan rings is 1. The van der Waals surface area contributed by atoms with Crippen molar-refractivity contribution in [1.82, 2.24) is 15.6 Å². The van der Waals surface area contributed by atoms with Crippen LogP contribution in [0.4, 0.5) is 0 Å². The Morgan fingerprint density at radius 3 is 2.42 bits per heavy atom. The summed E-state index contributed by atoms with van der Waals surface area (Å²) in [5.74, 6) is 0.987. The average molecular weight is 509 g/mol. The number of carbonyl (C=O) groups is 2. The number of amides is 2. The normalized spacial score (nSPS) is 12.1. The number of nitrogens with one attached hydrogen (secondary N) is 2. The summed E-state index contributed by atoms with van der Waals surface area (Å²) >= 11 is 5.94. The van der Waals surface area contributed by atoms with Gasteiger partial charge in [-0.1, -0.05) is 43.6 Å². The second kappa shape index (κ2) is 14.2. The van der Waals surface area contributed by atoms with E-state index in [1.165, 1.54) is 6.21 Å². The van der Waals surface area contributed by atoms with E-state index < -0.39 is 0 Å². The summed E-state index contributed by atoms with van der Waals surface area (Å²) in [6, 6.07) is 19.9. The zero-order valence-electron chi connectivity index (χ0n) is 20.7. The molecule has 1 atom stereocenters. The maximum absolute atomic E-state index is 12.9. The van der Waals surface area contributed by atoms with Crippen molar-refractivity contribution in [3.63, 3.8) is 0 Å². The topological polar surface area (TPSA) is 86.9 Å². The maximum Gasteiger partial charge on any atom is 0.257 e. The number of unbranched alkanes of at least 4 members (excludes halogenated alkanes) is 1. The Balaban J connectivity index is 1.49. The van der Waals surface area contributed by atoms with Gasteiger partial charge in [0.2, 0.25) is 0 Å². The molecule has 0 fully saturated rings. The van der Waals surface area contributed by atoms with E-state index in [1.54, 1.807) is 30.3 Å². The third-order valence-corrected chi connectivity index (χ3v) is 6.16. The molecule has 7 nitrogen and oxygen atoms in total. The molecule has 36 heavy (non-hydrogen) atoms. The quantitative estimate of drug-likeness (QED) is 0.185. The van der Waals surface area contributed by atoms with Crippen LogP contribution in [0.25, 0.3) is 11.3 Å². The van der Waals surface area contributed by atoms with Gasteiger partial charge in [-0.05, 0) is 80.9 Å². The molecule has 3 aromatic rings. The zero-order chi connectivity index (χ0) is 25.8. The van der Waals surface area contributed by atoms with Crippen LogP contribution in [0.3, 0.4) is 0 Å². The minimum atomic E-state index is -0.303. The highest BCUT2D eigenvalue weighted by molar-refractivity contribution is 6.30. The molecule has 3 rings (SSSR count). The van der Waals surface area contributed by atoms with E-state index in [0.717, 1.165) is 31.5 Å². The number of halogens is 1. The molecule has 1 unspecified atom stereocenters. The van der Waals surface area contributed by atoms with Crippen molar-refractivity contribution in [3.05, 3.63) is 83.1 Å². The van der Waals surface area contributed by atoms with Crippen molar-refractivity contribution in [2.75, 3.05) is 19.6 Å². The molecule has 1 heterocycles. The van der Waals surface area contributed by atoms with Crippen LogP contribution in [0.15, 0.2) is 76.2 Å². The van der Waals surface area contributed by atoms with Crippen molar-refractivity contribution >= 4 is 29.6 Å². The van der Waals surface area contributed by atoms with Gasteiger partial charge in [-0.25, -0.2) is 5.43 Å². The Bertz CT molecular complexity index is 1130. The maximum atomic E-state index is 12.9. The number of hydrogen-bond acceptors (Lipinski definition) is 5. The average Bonchev–Trinajstić information content (AvgIpc) is 3.37. The summed E-state index contributed by atoms with van der Waals surface area (Å²) in [5, 5.41) is 7.71. The highest BCUT2D eigenvalue weighted by atomic mass is 35.5. The fraction of sp³-hybridized carbons (Fsp3) is 0.321. The van der Waals surface area contributed by atoms with Crippen LogP contribution in [-0.2, 0) is 4.79 Å². The molecule has 0 saturated carbocycles. The first-order valence-electron chi connectivity index (χ1n) is 12.3. The van der Waals surface area contributed by atoms with Gasteiger partial charge in [0.25, 0.3) is 11.8 Å². The van der Waals surface area contributed by atoms with Crippen LogP contribution < -0.4 is 10.7 Å². The monoisotopic (exact) mass is 508 g/mol. The molecule has 2 amide bonds. The Morgan fingerprint density at radius 2 is 1.72 bits per heavy atom. The lowest BCUT2D eigenvalue weighted by Gasteiger charge is -2.27. The third kappa shape index (κ3) is 8.07. The van der Waals surface area contributed by atoms with Gasteiger partial charge in [0, 0.05) is 22.7 Å². The number of rotatable bonds is 13. The summed E-state index contributed by atoms with van der Waals surface area (Å²) < 4.78 is 5.80. The minimum Gasteiger partial charge on any atom is -0.455 e. The number of nitrogens with zero attached hydrogens (tertiary/aromatic N) is 2. The van der Waals surface area contributed by atoms with Gasteiger partial charge < -0.3 is 9.73 Å². The molecule has 8 heteroatoms. The van der Waals surface area contributed by atoms with Crippen LogP contribution in [0.1, 0.15) is 49.2 Å². The number of hydrogen-bond donors (Lipinski definition) is 2. The van der Waals surface area contributed by atoms with E-state index in [-0.39, 0.29) is 17.9 Å². The highest BCUT2D eigenvalue weighted by Gasteiger charge is 2.23. The van der Waals surface area contributed by atoms with Gasteiger partial charge in [0.1, 0.15) is 11.5 Å². The van der Waals surface area contributed by atoms with Gasteiger partial charge in [-0.2, -0.15) is 5.10 Å². The number of benzene rings is 2. The summed E-state index contributed by atoms with van der Waals surface area (Å²) in [4.78, 5) is 27.2. The Kier molecular flexibility index (Phi) is 10.7. The molecule has 0 aliphatic heterocycles. The molecule has 0 bridgehead atoms. The van der Waals surface area contributed by atoms with Crippen LogP contribution in [0, 0.1) is 0 Å². The van der Waals surface area contributed by atoms with Crippen molar-refractivity contribution in [3.8, 4) is 11.3 Å². The standard InChI is InChI=1S/C28H33ClN4O3/c1-3-33(4-2)25(12-8-9-19-30-27(34)22-10-6-5-7-11-22)28(35)32-31-20-24-17-18-26(36-24)21-13-15-23(29)16-14-21/h5-7,10-11,13-18,20,25H,3-4,8-9,12,19H2,1-2H3,(H,30,34)(H,32,35)/b31-20+. The second-order valence-corrected chi connectivity index (χ2v) is 8.73. The van der Waals surface area contributed by atoms with E-state index in [0.29, 0.717) is 35.1 Å². The predicted octanol–water partition coefficient (Wildman–Crippen LogP) is 5.36. The zero-order valence-corrected chi connectivity index (χ0v) is 21.5. The van der Waals surface area contributed by atoms with E-state index >= 15 is 0 Å². The van der Waals surface area contributed by atoms with Crippen molar-refractivity contribution < 1.29 is 14.0 Å². The molecular weight excluding hydrogens is 476 g/mol. The summed E-state index contributed by atoms with van der Waals surface area (Å²) in [6.45, 7) is 6.15. The first kappa shape index (κ1) is 27.2. The SMILES string of the molecule is CCN(CC)C(CCCCNC(=O)c1ccccc1)C(=O)N/N=C/c1ccc(-c2ccc(Cl)cc2)o1. The third-order valence-electron chi connectivity index (χ3n) is 5.90. The van der Waals surface area contributed by atoms with E-state index in [9.17, 15) is 9.59 Å². The van der Waals surface area contributed by atoms with Gasteiger partial charge in [-0.15, -0.1) is 0 Å². The van der Waals surface area contributed by atoms with E-state index in [4.69, 9.17) is 16.0 Å². The molecule has 0 radical (unpaired) electrons. The van der Waals surface area contributed by atoms with Crippen molar-refractivity contribution in [1.29, 1.82) is 0 Å². The lowest BCUT2D eigenvalue weighted by molar-refractivity contribution is -0.126. The predicted molar refractivity (Wildman–Crippen MR) is 144 cm³/mol. The summed E-state index contributed by atoms with van der Waals surface area (Å²) in [7, 11) is 0. The fourth-order valence-corrected chi connectivity index (χ4v) is 4.05. The Labute approximate surface area is 217 Å². The largest absolute Gasteiger partial charge is 0.455 e. The summed E-state index contributed by atoms with van der Waals surface area (Å²) in [6.07, 6.45) is 3.75. The smallest absolute Gasteiger partial charge is 0.257 e. The molecule has 0 aliphatic carbocycles. The van der Waals surface area contributed by atoms with Gasteiger partial charge in [0.15, 0.2) is 0 Å². The van der Waals surface area contributed by atoms with E-state index in [2.05, 4.69) is 20.7 Å². The highest BCUT2D eigenvalue weighted by Crippen LogP contribution is 2.23.